The van der Waals surface area contributed by atoms with E-state index in [1.54, 1.807) is 0 Å². The molecule has 5 heteroatoms. The average Bonchev–Trinajstić information content (AvgIpc) is 2.84. The molecule has 0 aliphatic rings. The van der Waals surface area contributed by atoms with E-state index >= 15 is 0 Å². The van der Waals surface area contributed by atoms with Gasteiger partial charge in [-0.25, -0.2) is 0 Å². The zero-order valence-corrected chi connectivity index (χ0v) is 21.9. The summed E-state index contributed by atoms with van der Waals surface area (Å²) in [5.41, 5.74) is 3.96. The summed E-state index contributed by atoms with van der Waals surface area (Å²) in [4.78, 5) is 15.4. The van der Waals surface area contributed by atoms with Crippen LogP contribution in [-0.4, -0.2) is 43.5 Å². The number of benzene rings is 2. The Kier molecular flexibility index (Phi) is 10.4. The minimum Gasteiger partial charge on any atom is -0.361 e. The van der Waals surface area contributed by atoms with Crippen LogP contribution in [0.5, 0.6) is 0 Å². The number of carbonyl (C=O) groups excluding carboxylic acids is 1. The number of hydrogen-bond acceptors (Lipinski definition) is 4. The molecule has 0 aliphatic carbocycles. The van der Waals surface area contributed by atoms with Gasteiger partial charge >= 0.3 is 0 Å². The Balaban J connectivity index is 2.58. The summed E-state index contributed by atoms with van der Waals surface area (Å²) in [5.74, 6) is 1.24. The first-order valence-corrected chi connectivity index (χ1v) is 12.2. The van der Waals surface area contributed by atoms with E-state index in [0.717, 1.165) is 23.6 Å². The van der Waals surface area contributed by atoms with Crippen molar-refractivity contribution in [3.05, 3.63) is 89.8 Å². The van der Waals surface area contributed by atoms with Gasteiger partial charge in [-0.05, 0) is 63.6 Å². The third-order valence-electron chi connectivity index (χ3n) is 6.36. The lowest BCUT2D eigenvalue weighted by atomic mass is 9.78. The molecular formula is C29H42N4O. The summed E-state index contributed by atoms with van der Waals surface area (Å²) in [5, 5.41) is 10.4. The number of rotatable bonds is 12. The fourth-order valence-corrected chi connectivity index (χ4v) is 4.29. The lowest BCUT2D eigenvalue weighted by molar-refractivity contribution is 0.0930. The van der Waals surface area contributed by atoms with E-state index < -0.39 is 0 Å². The minimum absolute atomic E-state index is 0.0221. The van der Waals surface area contributed by atoms with Crippen molar-refractivity contribution in [3.8, 4) is 0 Å². The van der Waals surface area contributed by atoms with Gasteiger partial charge in [-0.1, -0.05) is 55.8 Å². The molecule has 184 valence electrons. The molecule has 0 fully saturated rings. The van der Waals surface area contributed by atoms with Crippen LogP contribution in [0.15, 0.2) is 78.6 Å². The molecule has 34 heavy (non-hydrogen) atoms. The predicted molar refractivity (Wildman–Crippen MR) is 145 cm³/mol. The summed E-state index contributed by atoms with van der Waals surface area (Å²) >= 11 is 0. The van der Waals surface area contributed by atoms with E-state index in [4.69, 9.17) is 0 Å². The second-order valence-corrected chi connectivity index (χ2v) is 9.19. The second kappa shape index (κ2) is 13.0. The zero-order chi connectivity index (χ0) is 25.3. The van der Waals surface area contributed by atoms with Crippen LogP contribution in [0.4, 0.5) is 5.69 Å². The van der Waals surface area contributed by atoms with Gasteiger partial charge in [0, 0.05) is 36.8 Å². The van der Waals surface area contributed by atoms with Gasteiger partial charge in [0.2, 0.25) is 0 Å². The molecule has 3 N–H and O–H groups in total. The standard InChI is InChI=1S/C29H42N4O/c1-9-25(32-29(34)23-16-14-15-21(5)19-23)26(20(3)4)27(22(6)30-7)28(33(8)10-2)31-24-17-12-11-13-18-24/h9,11-20,22,25-26,30-31H,1,10H2,2-8H3,(H,32,34)/b28-27-. The van der Waals surface area contributed by atoms with Crippen LogP contribution >= 0.6 is 0 Å². The maximum atomic E-state index is 13.2. The highest BCUT2D eigenvalue weighted by Gasteiger charge is 2.33. The van der Waals surface area contributed by atoms with E-state index in [-0.39, 0.29) is 29.8 Å². The lowest BCUT2D eigenvalue weighted by Gasteiger charge is -2.38. The van der Waals surface area contributed by atoms with Crippen LogP contribution in [0, 0.1) is 18.8 Å². The van der Waals surface area contributed by atoms with Crippen LogP contribution in [0.3, 0.4) is 0 Å². The van der Waals surface area contributed by atoms with Crippen molar-refractivity contribution in [2.24, 2.45) is 11.8 Å². The predicted octanol–water partition coefficient (Wildman–Crippen LogP) is 5.43. The van der Waals surface area contributed by atoms with Crippen molar-refractivity contribution >= 4 is 11.6 Å². The van der Waals surface area contributed by atoms with E-state index in [1.165, 1.54) is 5.57 Å². The second-order valence-electron chi connectivity index (χ2n) is 9.19. The molecule has 1 amide bonds. The maximum Gasteiger partial charge on any atom is 0.251 e. The molecule has 0 saturated heterocycles. The molecule has 0 saturated carbocycles. The Morgan fingerprint density at radius 3 is 2.29 bits per heavy atom. The molecule has 2 aromatic rings. The molecule has 0 spiro atoms. The van der Waals surface area contributed by atoms with Crippen molar-refractivity contribution in [1.82, 2.24) is 15.5 Å². The fraction of sp³-hybridized carbons (Fsp3) is 0.414. The Morgan fingerprint density at radius 1 is 1.09 bits per heavy atom. The van der Waals surface area contributed by atoms with Gasteiger partial charge in [-0.15, -0.1) is 6.58 Å². The van der Waals surface area contributed by atoms with Crippen molar-refractivity contribution in [1.29, 1.82) is 0 Å². The molecule has 5 nitrogen and oxygen atoms in total. The smallest absolute Gasteiger partial charge is 0.251 e. The highest BCUT2D eigenvalue weighted by molar-refractivity contribution is 5.94. The first-order chi connectivity index (χ1) is 16.2. The number of amides is 1. The highest BCUT2D eigenvalue weighted by Crippen LogP contribution is 2.32. The Labute approximate surface area is 206 Å². The van der Waals surface area contributed by atoms with Gasteiger partial charge in [0.25, 0.3) is 5.91 Å². The molecule has 2 rings (SSSR count). The molecule has 0 heterocycles. The largest absolute Gasteiger partial charge is 0.361 e. The van der Waals surface area contributed by atoms with E-state index in [0.29, 0.717) is 5.56 Å². The van der Waals surface area contributed by atoms with E-state index in [9.17, 15) is 4.79 Å². The monoisotopic (exact) mass is 462 g/mol. The summed E-state index contributed by atoms with van der Waals surface area (Å²) in [7, 11) is 4.07. The first-order valence-electron chi connectivity index (χ1n) is 12.2. The highest BCUT2D eigenvalue weighted by atomic mass is 16.1. The van der Waals surface area contributed by atoms with Crippen LogP contribution in [0.25, 0.3) is 0 Å². The number of anilines is 1. The van der Waals surface area contributed by atoms with Crippen molar-refractivity contribution in [2.75, 3.05) is 26.0 Å². The average molecular weight is 463 g/mol. The first kappa shape index (κ1) is 27.2. The SMILES string of the molecule is C=CC(NC(=O)c1cccc(C)c1)C(/C(=C(/Nc1ccccc1)N(C)CC)C(C)NC)C(C)C. The molecule has 0 bridgehead atoms. The molecule has 0 radical (unpaired) electrons. The van der Waals surface area contributed by atoms with Gasteiger partial charge in [0.1, 0.15) is 5.82 Å². The molecule has 0 aromatic heterocycles. The minimum atomic E-state index is -0.239. The van der Waals surface area contributed by atoms with E-state index in [1.807, 2.05) is 62.5 Å². The summed E-state index contributed by atoms with van der Waals surface area (Å²) < 4.78 is 0. The molecule has 0 aliphatic heterocycles. The van der Waals surface area contributed by atoms with Gasteiger partial charge in [0.05, 0.1) is 6.04 Å². The van der Waals surface area contributed by atoms with Crippen molar-refractivity contribution in [2.45, 2.75) is 46.7 Å². The molecule has 3 unspecified atom stereocenters. The number of carbonyl (C=O) groups is 1. The third-order valence-corrected chi connectivity index (χ3v) is 6.36. The van der Waals surface area contributed by atoms with Gasteiger partial charge < -0.3 is 20.9 Å². The fourth-order valence-electron chi connectivity index (χ4n) is 4.29. The summed E-state index contributed by atoms with van der Waals surface area (Å²) in [6.45, 7) is 15.7. The van der Waals surface area contributed by atoms with Gasteiger partial charge in [-0.3, -0.25) is 4.79 Å². The number of para-hydroxylation sites is 1. The van der Waals surface area contributed by atoms with Crippen LogP contribution in [0.1, 0.15) is 43.6 Å². The summed E-state index contributed by atoms with van der Waals surface area (Å²) in [6.07, 6.45) is 1.87. The normalized spacial score (nSPS) is 14.6. The number of nitrogens with one attached hydrogen (secondary N) is 3. The Morgan fingerprint density at radius 2 is 1.76 bits per heavy atom. The topological polar surface area (TPSA) is 56.4 Å². The summed E-state index contributed by atoms with van der Waals surface area (Å²) in [6, 6.07) is 17.7. The molecule has 2 aromatic carbocycles. The van der Waals surface area contributed by atoms with Crippen molar-refractivity contribution in [3.63, 3.8) is 0 Å². The molecule has 3 atom stereocenters. The third kappa shape index (κ3) is 6.97. The van der Waals surface area contributed by atoms with Crippen LogP contribution < -0.4 is 16.0 Å². The van der Waals surface area contributed by atoms with E-state index in [2.05, 4.69) is 74.3 Å². The number of likely N-dealkylation sites (N-methyl/N-ethyl adjacent to an activating group) is 1. The number of aryl methyl sites for hydroxylation is 1. The maximum absolute atomic E-state index is 13.2. The Hall–Kier alpha value is -3.05. The molecular weight excluding hydrogens is 420 g/mol. The van der Waals surface area contributed by atoms with Crippen LogP contribution in [0.2, 0.25) is 0 Å². The zero-order valence-electron chi connectivity index (χ0n) is 21.9. The van der Waals surface area contributed by atoms with Crippen LogP contribution in [-0.2, 0) is 0 Å². The number of hydrogen-bond donors (Lipinski definition) is 3. The number of nitrogens with zero attached hydrogens (tertiary/aromatic N) is 1. The quantitative estimate of drug-likeness (QED) is 0.368. The van der Waals surface area contributed by atoms with Gasteiger partial charge in [0.15, 0.2) is 0 Å². The van der Waals surface area contributed by atoms with Gasteiger partial charge in [-0.2, -0.15) is 0 Å². The van der Waals surface area contributed by atoms with Crippen molar-refractivity contribution < 1.29 is 4.79 Å². The Bertz CT molecular complexity index is 967. The lowest BCUT2D eigenvalue weighted by Crippen LogP contribution is -2.46.